The first kappa shape index (κ1) is 18.8. The van der Waals surface area contributed by atoms with Gasteiger partial charge in [0.2, 0.25) is 0 Å². The minimum absolute atomic E-state index is 0.116. The molecule has 0 saturated carbocycles. The van der Waals surface area contributed by atoms with Crippen molar-refractivity contribution >= 4 is 23.2 Å². The lowest BCUT2D eigenvalue weighted by molar-refractivity contribution is -0.385. The van der Waals surface area contributed by atoms with E-state index in [0.29, 0.717) is 17.8 Å². The molecule has 1 aromatic heterocycles. The van der Waals surface area contributed by atoms with E-state index in [4.69, 9.17) is 0 Å². The Morgan fingerprint density at radius 1 is 1.07 bits per heavy atom. The van der Waals surface area contributed by atoms with Gasteiger partial charge < -0.3 is 10.6 Å². The van der Waals surface area contributed by atoms with Crippen molar-refractivity contribution in [1.29, 1.82) is 0 Å². The van der Waals surface area contributed by atoms with Gasteiger partial charge in [-0.2, -0.15) is 5.10 Å². The van der Waals surface area contributed by atoms with E-state index in [1.807, 2.05) is 18.3 Å². The zero-order valence-corrected chi connectivity index (χ0v) is 14.7. The third-order valence-electron chi connectivity index (χ3n) is 3.92. The molecule has 0 atom stereocenters. The Kier molecular flexibility index (Phi) is 5.75. The minimum atomic E-state index is -0.879. The zero-order chi connectivity index (χ0) is 19.9. The highest BCUT2D eigenvalue weighted by Crippen LogP contribution is 2.17. The topological polar surface area (TPSA) is 119 Å². The molecule has 0 spiro atoms. The van der Waals surface area contributed by atoms with Crippen LogP contribution >= 0.6 is 0 Å². The summed E-state index contributed by atoms with van der Waals surface area (Å²) in [7, 11) is 0. The molecule has 2 N–H and O–H groups in total. The standard InChI is InChI=1S/C19H17N5O4/c25-18(20-12-15-6-1-2-8-17(15)24(27)28)19(26)22-16-7-3-5-14(11-16)13-23-10-4-9-21-23/h1-11H,12-13H2,(H,20,25)(H,22,26). The molecular formula is C19H17N5O4. The highest BCUT2D eigenvalue weighted by Gasteiger charge is 2.17. The van der Waals surface area contributed by atoms with Crippen LogP contribution in [0.3, 0.4) is 0 Å². The number of aromatic nitrogens is 2. The first-order chi connectivity index (χ1) is 13.5. The Labute approximate surface area is 160 Å². The van der Waals surface area contributed by atoms with Crippen LogP contribution < -0.4 is 10.6 Å². The normalized spacial score (nSPS) is 10.3. The molecular weight excluding hydrogens is 362 g/mol. The van der Waals surface area contributed by atoms with Crippen LogP contribution in [0.4, 0.5) is 11.4 Å². The first-order valence-electron chi connectivity index (χ1n) is 8.41. The van der Waals surface area contributed by atoms with Gasteiger partial charge >= 0.3 is 11.8 Å². The Balaban J connectivity index is 1.59. The monoisotopic (exact) mass is 379 g/mol. The molecule has 0 aliphatic carbocycles. The zero-order valence-electron chi connectivity index (χ0n) is 14.7. The van der Waals surface area contributed by atoms with Gasteiger partial charge in [-0.15, -0.1) is 0 Å². The summed E-state index contributed by atoms with van der Waals surface area (Å²) in [5.74, 6) is -1.73. The number of nitro groups is 1. The van der Waals surface area contributed by atoms with Crippen LogP contribution in [-0.2, 0) is 22.7 Å². The summed E-state index contributed by atoms with van der Waals surface area (Å²) in [6.07, 6.45) is 3.49. The van der Waals surface area contributed by atoms with Crippen LogP contribution in [0.25, 0.3) is 0 Å². The third-order valence-corrected chi connectivity index (χ3v) is 3.92. The number of rotatable bonds is 6. The van der Waals surface area contributed by atoms with Crippen LogP contribution in [0, 0.1) is 10.1 Å². The second kappa shape index (κ2) is 8.58. The number of hydrogen-bond acceptors (Lipinski definition) is 5. The molecule has 9 heteroatoms. The number of nitrogens with one attached hydrogen (secondary N) is 2. The number of carbonyl (C=O) groups excluding carboxylic acids is 2. The summed E-state index contributed by atoms with van der Waals surface area (Å²) in [4.78, 5) is 34.6. The van der Waals surface area contributed by atoms with Crippen molar-refractivity contribution < 1.29 is 14.5 Å². The van der Waals surface area contributed by atoms with E-state index in [9.17, 15) is 19.7 Å². The first-order valence-corrected chi connectivity index (χ1v) is 8.41. The molecule has 3 aromatic rings. The lowest BCUT2D eigenvalue weighted by Crippen LogP contribution is -2.35. The molecule has 2 aromatic carbocycles. The molecule has 1 heterocycles. The predicted octanol–water partition coefficient (Wildman–Crippen LogP) is 2.09. The smallest absolute Gasteiger partial charge is 0.313 e. The molecule has 142 valence electrons. The lowest BCUT2D eigenvalue weighted by Gasteiger charge is -2.09. The van der Waals surface area contributed by atoms with Crippen molar-refractivity contribution in [3.63, 3.8) is 0 Å². The van der Waals surface area contributed by atoms with Crippen molar-refractivity contribution in [2.75, 3.05) is 5.32 Å². The Bertz CT molecular complexity index is 1000. The van der Waals surface area contributed by atoms with Gasteiger partial charge in [0.1, 0.15) is 0 Å². The van der Waals surface area contributed by atoms with Crippen LogP contribution in [0.2, 0.25) is 0 Å². The number of nitrogens with zero attached hydrogens (tertiary/aromatic N) is 3. The molecule has 0 unspecified atom stereocenters. The molecule has 0 radical (unpaired) electrons. The summed E-state index contributed by atoms with van der Waals surface area (Å²) in [6, 6.07) is 14.9. The maximum Gasteiger partial charge on any atom is 0.313 e. The van der Waals surface area contributed by atoms with Crippen LogP contribution in [0.15, 0.2) is 67.0 Å². The lowest BCUT2D eigenvalue weighted by atomic mass is 10.2. The molecule has 0 fully saturated rings. The van der Waals surface area contributed by atoms with Crippen molar-refractivity contribution in [1.82, 2.24) is 15.1 Å². The van der Waals surface area contributed by atoms with E-state index in [2.05, 4.69) is 15.7 Å². The van der Waals surface area contributed by atoms with Gasteiger partial charge in [0.05, 0.1) is 18.0 Å². The molecule has 9 nitrogen and oxygen atoms in total. The number of benzene rings is 2. The highest BCUT2D eigenvalue weighted by atomic mass is 16.6. The largest absolute Gasteiger partial charge is 0.343 e. The van der Waals surface area contributed by atoms with Gasteiger partial charge in [-0.25, -0.2) is 0 Å². The van der Waals surface area contributed by atoms with Crippen molar-refractivity contribution in [2.24, 2.45) is 0 Å². The summed E-state index contributed by atoms with van der Waals surface area (Å²) in [6.45, 7) is 0.406. The maximum atomic E-state index is 12.1. The predicted molar refractivity (Wildman–Crippen MR) is 101 cm³/mol. The van der Waals surface area contributed by atoms with Crippen LogP contribution in [0.5, 0.6) is 0 Å². The Hall–Kier alpha value is -4.01. The third kappa shape index (κ3) is 4.79. The van der Waals surface area contributed by atoms with E-state index in [1.54, 1.807) is 35.1 Å². The molecule has 0 aliphatic heterocycles. The molecule has 3 rings (SSSR count). The molecule has 0 bridgehead atoms. The summed E-state index contributed by atoms with van der Waals surface area (Å²) in [5.41, 5.74) is 1.57. The van der Waals surface area contributed by atoms with Gasteiger partial charge in [0, 0.05) is 29.7 Å². The second-order valence-corrected chi connectivity index (χ2v) is 5.93. The van der Waals surface area contributed by atoms with Crippen LogP contribution in [0.1, 0.15) is 11.1 Å². The number of anilines is 1. The van der Waals surface area contributed by atoms with Crippen LogP contribution in [-0.4, -0.2) is 26.5 Å². The Morgan fingerprint density at radius 3 is 2.64 bits per heavy atom. The van der Waals surface area contributed by atoms with Crippen molar-refractivity contribution in [3.8, 4) is 0 Å². The van der Waals surface area contributed by atoms with Gasteiger partial charge in [0.25, 0.3) is 5.69 Å². The van der Waals surface area contributed by atoms with Crippen molar-refractivity contribution in [2.45, 2.75) is 13.1 Å². The fraction of sp³-hybridized carbons (Fsp3) is 0.105. The summed E-state index contributed by atoms with van der Waals surface area (Å²) >= 11 is 0. The SMILES string of the molecule is O=C(NCc1ccccc1[N+](=O)[O-])C(=O)Nc1cccc(Cn2cccn2)c1. The Morgan fingerprint density at radius 2 is 1.89 bits per heavy atom. The van der Waals surface area contributed by atoms with E-state index >= 15 is 0 Å². The average molecular weight is 379 g/mol. The highest BCUT2D eigenvalue weighted by molar-refractivity contribution is 6.39. The molecule has 0 aliphatic rings. The van der Waals surface area contributed by atoms with Crippen molar-refractivity contribution in [3.05, 3.63) is 88.2 Å². The van der Waals surface area contributed by atoms with Gasteiger partial charge in [0.15, 0.2) is 0 Å². The molecule has 28 heavy (non-hydrogen) atoms. The van der Waals surface area contributed by atoms with Gasteiger partial charge in [-0.3, -0.25) is 24.4 Å². The minimum Gasteiger partial charge on any atom is -0.343 e. The maximum absolute atomic E-state index is 12.1. The number of amides is 2. The summed E-state index contributed by atoms with van der Waals surface area (Å²) < 4.78 is 1.74. The summed E-state index contributed by atoms with van der Waals surface area (Å²) in [5, 5.41) is 20.0. The fourth-order valence-corrected chi connectivity index (χ4v) is 2.61. The van der Waals surface area contributed by atoms with E-state index < -0.39 is 16.7 Å². The van der Waals surface area contributed by atoms with E-state index in [1.165, 1.54) is 18.2 Å². The number of hydrogen-bond donors (Lipinski definition) is 2. The average Bonchev–Trinajstić information content (AvgIpc) is 3.19. The number of carbonyl (C=O) groups is 2. The molecule has 0 saturated heterocycles. The quantitative estimate of drug-likeness (QED) is 0.386. The number of para-hydroxylation sites is 1. The van der Waals surface area contributed by atoms with E-state index in [0.717, 1.165) is 5.56 Å². The van der Waals surface area contributed by atoms with Gasteiger partial charge in [-0.05, 0) is 23.8 Å². The van der Waals surface area contributed by atoms with E-state index in [-0.39, 0.29) is 12.2 Å². The number of nitro benzene ring substituents is 1. The fourth-order valence-electron chi connectivity index (χ4n) is 2.61. The molecule has 2 amide bonds. The van der Waals surface area contributed by atoms with Gasteiger partial charge in [-0.1, -0.05) is 30.3 Å². The second-order valence-electron chi connectivity index (χ2n) is 5.93.